The number of fused-ring (bicyclic) bond motifs is 3. The Hall–Kier alpha value is -6.04. The average molecular weight is 814 g/mol. The number of ether oxygens (including phenoxy) is 6. The maximum atomic E-state index is 12.8. The number of hydrogen-bond acceptors (Lipinski definition) is 10. The van der Waals surface area contributed by atoms with Gasteiger partial charge in [0.1, 0.15) is 12.7 Å². The Labute approximate surface area is 347 Å². The van der Waals surface area contributed by atoms with Gasteiger partial charge in [-0.25, -0.2) is 0 Å². The summed E-state index contributed by atoms with van der Waals surface area (Å²) < 4.78 is 39.4. The van der Waals surface area contributed by atoms with Gasteiger partial charge in [-0.05, 0) is 119 Å². The minimum absolute atomic E-state index is 0.138. The van der Waals surface area contributed by atoms with E-state index in [1.807, 2.05) is 0 Å². The Bertz CT molecular complexity index is 3360. The van der Waals surface area contributed by atoms with E-state index in [1.54, 1.807) is 0 Å². The summed E-state index contributed by atoms with van der Waals surface area (Å²) in [4.78, 5) is 50.4. The van der Waals surface area contributed by atoms with Gasteiger partial charge in [0.15, 0.2) is 17.8 Å². The number of aromatic nitrogens is 1. The zero-order chi connectivity index (χ0) is 41.2. The molecule has 0 amide bonds. The van der Waals surface area contributed by atoms with Crippen molar-refractivity contribution in [1.82, 2.24) is 4.57 Å². The van der Waals surface area contributed by atoms with E-state index < -0.39 is 53.6 Å². The first-order valence-corrected chi connectivity index (χ1v) is 21.4. The van der Waals surface area contributed by atoms with Crippen molar-refractivity contribution in [2.45, 2.75) is 102 Å². The first kappa shape index (κ1) is 34.6. The van der Waals surface area contributed by atoms with Crippen molar-refractivity contribution in [2.75, 3.05) is 13.2 Å². The lowest BCUT2D eigenvalue weighted by Gasteiger charge is -2.60. The van der Waals surface area contributed by atoms with Gasteiger partial charge in [-0.3, -0.25) is 19.2 Å². The lowest BCUT2D eigenvalue weighted by atomic mass is 9.69. The molecule has 0 N–H and O–H groups in total. The van der Waals surface area contributed by atoms with E-state index in [1.165, 1.54) is 148 Å². The fourth-order valence-corrected chi connectivity index (χ4v) is 13.5. The molecule has 5 atom stereocenters. The van der Waals surface area contributed by atoms with Crippen molar-refractivity contribution in [3.05, 3.63) is 69.8 Å². The van der Waals surface area contributed by atoms with Crippen LogP contribution < -0.4 is 0 Å². The van der Waals surface area contributed by atoms with Gasteiger partial charge < -0.3 is 33.0 Å². The maximum absolute atomic E-state index is 12.8. The maximum Gasteiger partial charge on any atom is 0.303 e. The van der Waals surface area contributed by atoms with Crippen LogP contribution in [0.25, 0.3) is 86.4 Å². The molecule has 1 aromatic heterocycles. The van der Waals surface area contributed by atoms with Gasteiger partial charge in [-0.2, -0.15) is 0 Å². The van der Waals surface area contributed by atoms with Gasteiger partial charge in [-0.15, -0.1) is 0 Å². The topological polar surface area (TPSA) is 129 Å². The van der Waals surface area contributed by atoms with Gasteiger partial charge in [0.25, 0.3) is 0 Å². The summed E-state index contributed by atoms with van der Waals surface area (Å²) in [6.07, 6.45) is 0.258. The second kappa shape index (κ2) is 11.1. The molecular weight excluding hydrogens is 775 g/mol. The zero-order valence-corrected chi connectivity index (χ0v) is 34.1. The molecule has 2 saturated heterocycles. The van der Waals surface area contributed by atoms with Crippen LogP contribution in [0.15, 0.2) is 36.4 Å². The molecule has 1 saturated carbocycles. The van der Waals surface area contributed by atoms with Crippen LogP contribution in [0.5, 0.6) is 0 Å². The predicted octanol–water partition coefficient (Wildman–Crippen LogP) is 8.01. The van der Waals surface area contributed by atoms with Crippen molar-refractivity contribution in [3.8, 4) is 0 Å². The molecule has 15 rings (SSSR count). The molecule has 11 nitrogen and oxygen atoms in total. The molecule has 3 aliphatic heterocycles. The SMILES string of the molecule is CC(=O)OCC1OC2(OCCn3c4c5cc6c7c8c(cc9ccc%10cc%11c%12c%13c(cc(c3c%13c(c3c8c9c%10c%123)c74)CC5)C%11)C6)CCC1(OC(C)=O)C(OC(C)=O)C2OC(C)=O. The molecule has 0 radical (unpaired) electrons. The van der Waals surface area contributed by atoms with Crippen molar-refractivity contribution in [1.29, 1.82) is 0 Å². The Kier molecular flexibility index (Phi) is 6.28. The summed E-state index contributed by atoms with van der Waals surface area (Å²) in [7, 11) is 0. The fourth-order valence-electron chi connectivity index (χ4n) is 13.5. The van der Waals surface area contributed by atoms with Crippen LogP contribution in [0.3, 0.4) is 0 Å². The van der Waals surface area contributed by atoms with Crippen molar-refractivity contribution >= 4 is 110 Å². The molecule has 8 aromatic carbocycles. The minimum Gasteiger partial charge on any atom is -0.463 e. The highest BCUT2D eigenvalue weighted by atomic mass is 16.8. The standard InChI is InChI=1S/C50H39NO10/c1-20(52)56-19-32-49(60-23(4)55)9-10-50(61-32,48(59-22(3)54)47(49)58-21(2)53)57-12-11-51-45-26-7-8-27-16-31-18-29-14-25-6-5-24-13-28-17-30(15-26)37-35(28)39-33(24)34(25)40-36(29)38(31)44(46(27)51)42(41(39)40)43(37)45/h5-6,13-16,32,47-48H,7-12,17-19H2,1-4H3. The smallest absolute Gasteiger partial charge is 0.303 e. The van der Waals surface area contributed by atoms with E-state index in [2.05, 4.69) is 41.0 Å². The molecule has 61 heavy (non-hydrogen) atoms. The molecule has 5 unspecified atom stereocenters. The van der Waals surface area contributed by atoms with E-state index in [-0.39, 0.29) is 26.1 Å². The quantitative estimate of drug-likeness (QED) is 0.0612. The summed E-state index contributed by atoms with van der Waals surface area (Å²) in [6, 6.07) is 14.5. The molecule has 0 spiro atoms. The normalized spacial score (nSPS) is 24.8. The Morgan fingerprint density at radius 1 is 0.607 bits per heavy atom. The largest absolute Gasteiger partial charge is 0.463 e. The van der Waals surface area contributed by atoms with Crippen LogP contribution in [-0.4, -0.2) is 71.4 Å². The average Bonchev–Trinajstić information content (AvgIpc) is 3.86. The Morgan fingerprint density at radius 2 is 1.13 bits per heavy atom. The summed E-state index contributed by atoms with van der Waals surface area (Å²) in [5.41, 5.74) is 9.14. The molecule has 9 aromatic rings. The lowest BCUT2D eigenvalue weighted by Crippen LogP contribution is -2.78. The van der Waals surface area contributed by atoms with Crippen LogP contribution in [-0.2, 0) is 79.8 Å². The third kappa shape index (κ3) is 4.00. The molecule has 4 heterocycles. The second-order valence-electron chi connectivity index (χ2n) is 18.4. The lowest BCUT2D eigenvalue weighted by molar-refractivity contribution is -0.416. The molecule has 6 aliphatic rings. The van der Waals surface area contributed by atoms with Crippen LogP contribution in [0.4, 0.5) is 0 Å². The highest BCUT2D eigenvalue weighted by Gasteiger charge is 2.72. The summed E-state index contributed by atoms with van der Waals surface area (Å²) in [5.74, 6) is -4.16. The van der Waals surface area contributed by atoms with Gasteiger partial charge >= 0.3 is 23.9 Å². The first-order valence-electron chi connectivity index (χ1n) is 21.4. The number of carbonyl (C=O) groups excluding carboxylic acids is 4. The van der Waals surface area contributed by atoms with Crippen LogP contribution in [0, 0.1) is 0 Å². The minimum atomic E-state index is -1.63. The van der Waals surface area contributed by atoms with E-state index in [9.17, 15) is 19.2 Å². The van der Waals surface area contributed by atoms with E-state index in [0.29, 0.717) is 6.54 Å². The number of benzene rings is 7. The molecule has 3 fully saturated rings. The monoisotopic (exact) mass is 813 g/mol. The Balaban J connectivity index is 0.984. The summed E-state index contributed by atoms with van der Waals surface area (Å²) in [6.45, 7) is 5.30. The number of hydrogen-bond donors (Lipinski definition) is 0. The number of nitrogens with zero attached hydrogens (tertiary/aromatic N) is 1. The molecule has 3 aliphatic carbocycles. The van der Waals surface area contributed by atoms with Gasteiger partial charge in [0.05, 0.1) is 17.6 Å². The highest BCUT2D eigenvalue weighted by Crippen LogP contribution is 2.61. The number of esters is 4. The zero-order valence-electron chi connectivity index (χ0n) is 34.1. The number of aryl methyl sites for hydroxylation is 2. The summed E-state index contributed by atoms with van der Waals surface area (Å²) >= 11 is 0. The van der Waals surface area contributed by atoms with Crippen LogP contribution in [0.2, 0.25) is 0 Å². The van der Waals surface area contributed by atoms with Crippen molar-refractivity contribution in [2.24, 2.45) is 0 Å². The van der Waals surface area contributed by atoms with E-state index in [4.69, 9.17) is 28.4 Å². The van der Waals surface area contributed by atoms with Gasteiger partial charge in [0, 0.05) is 62.2 Å². The predicted molar refractivity (Wildman–Crippen MR) is 227 cm³/mol. The van der Waals surface area contributed by atoms with Crippen LogP contribution in [0.1, 0.15) is 73.9 Å². The third-order valence-electron chi connectivity index (χ3n) is 15.2. The number of carbonyl (C=O) groups is 4. The molecule has 304 valence electrons. The van der Waals surface area contributed by atoms with Crippen molar-refractivity contribution < 1.29 is 47.6 Å². The number of pyridine rings is 1. The molecule has 11 heteroatoms. The molecule has 4 bridgehead atoms. The molecular formula is C50H39NO10. The fraction of sp³-hybridized carbons (Fsp3) is 0.360. The van der Waals surface area contributed by atoms with E-state index >= 15 is 0 Å². The Morgan fingerprint density at radius 3 is 1.69 bits per heavy atom. The third-order valence-corrected chi connectivity index (χ3v) is 15.2. The van der Waals surface area contributed by atoms with Crippen LogP contribution >= 0.6 is 0 Å². The van der Waals surface area contributed by atoms with Gasteiger partial charge in [0.2, 0.25) is 5.79 Å². The first-order chi connectivity index (χ1) is 29.5. The second-order valence-corrected chi connectivity index (χ2v) is 18.4. The summed E-state index contributed by atoms with van der Waals surface area (Å²) in [5, 5.41) is 19.4. The van der Waals surface area contributed by atoms with Crippen molar-refractivity contribution in [3.63, 3.8) is 0 Å². The van der Waals surface area contributed by atoms with Gasteiger partial charge in [-0.1, -0.05) is 36.4 Å². The number of rotatable bonds is 9. The highest BCUT2D eigenvalue weighted by molar-refractivity contribution is 6.55. The van der Waals surface area contributed by atoms with E-state index in [0.717, 1.165) is 25.7 Å².